The Kier molecular flexibility index (Phi) is 2.06. The molecule has 2 N–H and O–H groups in total. The molecule has 1 amide bonds. The van der Waals surface area contributed by atoms with Crippen molar-refractivity contribution in [1.29, 1.82) is 0 Å². The molecule has 2 rings (SSSR count). The molecule has 72 valence electrons. The van der Waals surface area contributed by atoms with Crippen LogP contribution in [0.1, 0.15) is 0 Å². The van der Waals surface area contributed by atoms with E-state index in [1.807, 2.05) is 6.07 Å². The van der Waals surface area contributed by atoms with E-state index < -0.39 is 0 Å². The highest BCUT2D eigenvalue weighted by molar-refractivity contribution is 5.88. The van der Waals surface area contributed by atoms with Gasteiger partial charge in [-0.1, -0.05) is 0 Å². The van der Waals surface area contributed by atoms with E-state index in [4.69, 9.17) is 4.74 Å². The van der Waals surface area contributed by atoms with Gasteiger partial charge >= 0.3 is 0 Å². The van der Waals surface area contributed by atoms with Crippen LogP contribution in [0.3, 0.4) is 0 Å². The zero-order chi connectivity index (χ0) is 9.97. The fourth-order valence-electron chi connectivity index (χ4n) is 1.31. The van der Waals surface area contributed by atoms with Crippen molar-refractivity contribution >= 4 is 23.0 Å². The van der Waals surface area contributed by atoms with Crippen LogP contribution in [0.4, 0.5) is 5.69 Å². The number of methoxy groups -OCH3 is 1. The predicted octanol–water partition coefficient (Wildman–Crippen LogP) is 1.14. The van der Waals surface area contributed by atoms with E-state index in [0.29, 0.717) is 12.3 Å². The minimum atomic E-state index is 0.553. The number of anilines is 1. The van der Waals surface area contributed by atoms with Crippen LogP contribution in [0.15, 0.2) is 18.2 Å². The summed E-state index contributed by atoms with van der Waals surface area (Å²) in [5, 5.41) is 10.2. The highest BCUT2D eigenvalue weighted by Crippen LogP contribution is 2.24. The van der Waals surface area contributed by atoms with Crippen LogP contribution in [-0.2, 0) is 4.79 Å². The molecule has 0 saturated carbocycles. The maximum Gasteiger partial charge on any atom is 0.240 e. The molecule has 14 heavy (non-hydrogen) atoms. The summed E-state index contributed by atoms with van der Waals surface area (Å²) in [4.78, 5) is 10.2. The molecule has 0 radical (unpaired) electrons. The highest BCUT2D eigenvalue weighted by atomic mass is 16.5. The molecule has 0 unspecified atom stereocenters. The van der Waals surface area contributed by atoms with E-state index in [2.05, 4.69) is 15.5 Å². The molecule has 0 saturated heterocycles. The van der Waals surface area contributed by atoms with Crippen molar-refractivity contribution in [2.75, 3.05) is 12.4 Å². The van der Waals surface area contributed by atoms with Gasteiger partial charge in [-0.3, -0.25) is 9.89 Å². The fraction of sp³-hybridized carbons (Fsp3) is 0.111. The number of ether oxygens (including phenoxy) is 1. The molecule has 2 aromatic rings. The second-order valence-electron chi connectivity index (χ2n) is 2.76. The first kappa shape index (κ1) is 8.55. The average Bonchev–Trinajstić information content (AvgIpc) is 2.60. The zero-order valence-corrected chi connectivity index (χ0v) is 7.57. The van der Waals surface area contributed by atoms with Crippen molar-refractivity contribution in [3.05, 3.63) is 18.2 Å². The summed E-state index contributed by atoms with van der Waals surface area (Å²) in [5.41, 5.74) is 1.55. The van der Waals surface area contributed by atoms with Gasteiger partial charge in [0.1, 0.15) is 0 Å². The quantitative estimate of drug-likeness (QED) is 0.715. The Bertz CT molecular complexity index is 464. The summed E-state index contributed by atoms with van der Waals surface area (Å²) in [6.45, 7) is 0. The molecule has 5 heteroatoms. The summed E-state index contributed by atoms with van der Waals surface area (Å²) in [6.07, 6.45) is 0.634. The van der Waals surface area contributed by atoms with Crippen molar-refractivity contribution in [3.8, 4) is 5.88 Å². The Balaban J connectivity index is 2.51. The third-order valence-corrected chi connectivity index (χ3v) is 1.95. The smallest absolute Gasteiger partial charge is 0.240 e. The van der Waals surface area contributed by atoms with Crippen molar-refractivity contribution < 1.29 is 9.53 Å². The van der Waals surface area contributed by atoms with Gasteiger partial charge < -0.3 is 10.1 Å². The lowest BCUT2D eigenvalue weighted by Gasteiger charge is -1.98. The number of aromatic nitrogens is 2. The number of rotatable bonds is 3. The van der Waals surface area contributed by atoms with Gasteiger partial charge in [-0.05, 0) is 18.2 Å². The van der Waals surface area contributed by atoms with Crippen molar-refractivity contribution in [2.45, 2.75) is 0 Å². The third-order valence-electron chi connectivity index (χ3n) is 1.95. The molecule has 0 aliphatic rings. The first-order valence-electron chi connectivity index (χ1n) is 4.07. The molecule has 0 aliphatic heterocycles. The Labute approximate surface area is 80.1 Å². The Morgan fingerprint density at radius 1 is 1.57 bits per heavy atom. The summed E-state index contributed by atoms with van der Waals surface area (Å²) < 4.78 is 5.03. The van der Waals surface area contributed by atoms with E-state index >= 15 is 0 Å². The van der Waals surface area contributed by atoms with Gasteiger partial charge in [-0.25, -0.2) is 0 Å². The first-order valence-corrected chi connectivity index (χ1v) is 4.07. The van der Waals surface area contributed by atoms with Crippen LogP contribution >= 0.6 is 0 Å². The van der Waals surface area contributed by atoms with Crippen LogP contribution in [0.2, 0.25) is 0 Å². The number of fused-ring (bicyclic) bond motifs is 1. The number of H-pyrrole nitrogens is 1. The first-order chi connectivity index (χ1) is 6.85. The standard InChI is InChI=1S/C9H9N3O2/c1-14-9-7-3-2-6(10-5-13)4-8(7)11-12-9/h2-5H,1H3,(H,10,13)(H,11,12). The number of carbonyl (C=O) groups is 1. The van der Waals surface area contributed by atoms with E-state index in [0.717, 1.165) is 16.6 Å². The van der Waals surface area contributed by atoms with Crippen molar-refractivity contribution in [3.63, 3.8) is 0 Å². The number of nitrogens with one attached hydrogen (secondary N) is 2. The second-order valence-corrected chi connectivity index (χ2v) is 2.76. The number of hydrogen-bond acceptors (Lipinski definition) is 3. The summed E-state index contributed by atoms with van der Waals surface area (Å²) >= 11 is 0. The second kappa shape index (κ2) is 3.37. The topological polar surface area (TPSA) is 67.0 Å². The summed E-state index contributed by atoms with van der Waals surface area (Å²) in [6, 6.07) is 5.41. The maximum absolute atomic E-state index is 10.2. The molecule has 1 aromatic heterocycles. The lowest BCUT2D eigenvalue weighted by molar-refractivity contribution is -0.105. The van der Waals surface area contributed by atoms with Crippen molar-refractivity contribution in [2.24, 2.45) is 0 Å². The molecule has 0 aliphatic carbocycles. The van der Waals surface area contributed by atoms with Gasteiger partial charge in [0.25, 0.3) is 0 Å². The molecule has 0 spiro atoms. The molecule has 0 bridgehead atoms. The predicted molar refractivity (Wildman–Crippen MR) is 52.3 cm³/mol. The van der Waals surface area contributed by atoms with Crippen molar-refractivity contribution in [1.82, 2.24) is 10.2 Å². The number of hydrogen-bond donors (Lipinski definition) is 2. The lowest BCUT2D eigenvalue weighted by atomic mass is 10.2. The van der Waals surface area contributed by atoms with Gasteiger partial charge in [0.05, 0.1) is 18.0 Å². The molecule has 0 atom stereocenters. The SMILES string of the molecule is COc1n[nH]c2cc(NC=O)ccc12. The van der Waals surface area contributed by atoms with Crippen LogP contribution < -0.4 is 10.1 Å². The number of benzene rings is 1. The van der Waals surface area contributed by atoms with Crippen LogP contribution in [0, 0.1) is 0 Å². The minimum Gasteiger partial charge on any atom is -0.480 e. The lowest BCUT2D eigenvalue weighted by Crippen LogP contribution is -1.92. The van der Waals surface area contributed by atoms with Crippen LogP contribution in [0.25, 0.3) is 10.9 Å². The van der Waals surface area contributed by atoms with Gasteiger partial charge in [-0.15, -0.1) is 5.10 Å². The zero-order valence-electron chi connectivity index (χ0n) is 7.57. The van der Waals surface area contributed by atoms with E-state index in [9.17, 15) is 4.79 Å². The van der Waals surface area contributed by atoms with Gasteiger partial charge in [0.2, 0.25) is 12.3 Å². The maximum atomic E-state index is 10.2. The number of carbonyl (C=O) groups excluding carboxylic acids is 1. The molecule has 1 heterocycles. The highest BCUT2D eigenvalue weighted by Gasteiger charge is 2.05. The molecule has 5 nitrogen and oxygen atoms in total. The molecule has 0 fully saturated rings. The number of amides is 1. The Hall–Kier alpha value is -2.04. The largest absolute Gasteiger partial charge is 0.480 e. The van der Waals surface area contributed by atoms with Gasteiger partial charge in [-0.2, -0.15) is 0 Å². The minimum absolute atomic E-state index is 0.553. The molecular formula is C9H9N3O2. The Morgan fingerprint density at radius 3 is 3.14 bits per heavy atom. The van der Waals surface area contributed by atoms with Crippen LogP contribution in [0.5, 0.6) is 5.88 Å². The summed E-state index contributed by atoms with van der Waals surface area (Å²) in [5.74, 6) is 0.553. The van der Waals surface area contributed by atoms with Crippen LogP contribution in [-0.4, -0.2) is 23.7 Å². The summed E-state index contributed by atoms with van der Waals surface area (Å²) in [7, 11) is 1.56. The normalized spacial score (nSPS) is 10.1. The average molecular weight is 191 g/mol. The number of aromatic amines is 1. The fourth-order valence-corrected chi connectivity index (χ4v) is 1.31. The third kappa shape index (κ3) is 1.28. The molecule has 1 aromatic carbocycles. The van der Waals surface area contributed by atoms with Gasteiger partial charge in [0.15, 0.2) is 0 Å². The molecular weight excluding hydrogens is 182 g/mol. The Morgan fingerprint density at radius 2 is 2.43 bits per heavy atom. The van der Waals surface area contributed by atoms with E-state index in [1.165, 1.54) is 0 Å². The number of nitrogens with zero attached hydrogens (tertiary/aromatic N) is 1. The monoisotopic (exact) mass is 191 g/mol. The van der Waals surface area contributed by atoms with E-state index in [-0.39, 0.29) is 0 Å². The van der Waals surface area contributed by atoms with Gasteiger partial charge in [0, 0.05) is 5.69 Å². The van der Waals surface area contributed by atoms with E-state index in [1.54, 1.807) is 19.2 Å².